The summed E-state index contributed by atoms with van der Waals surface area (Å²) in [6.07, 6.45) is 3.17. The summed E-state index contributed by atoms with van der Waals surface area (Å²) in [6, 6.07) is 9.60. The monoisotopic (exact) mass is 498 g/mol. The molecule has 1 N–H and O–H groups in total. The Morgan fingerprint density at radius 2 is 1.68 bits per heavy atom. The molecule has 2 aromatic carbocycles. The highest BCUT2D eigenvalue weighted by Crippen LogP contribution is 2.38. The predicted molar refractivity (Wildman–Crippen MR) is 126 cm³/mol. The molecule has 2 aromatic rings. The zero-order chi connectivity index (χ0) is 22.2. The Morgan fingerprint density at radius 1 is 0.935 bits per heavy atom. The Hall–Kier alpha value is -1.73. The van der Waals surface area contributed by atoms with Crippen LogP contribution in [0.4, 0.5) is 5.69 Å². The second-order valence-electron chi connectivity index (χ2n) is 7.67. The van der Waals surface area contributed by atoms with E-state index in [1.165, 1.54) is 6.07 Å². The van der Waals surface area contributed by atoms with E-state index in [-0.39, 0.29) is 23.0 Å². The minimum Gasteiger partial charge on any atom is -0.371 e. The van der Waals surface area contributed by atoms with Crippen molar-refractivity contribution in [1.82, 2.24) is 4.90 Å². The van der Waals surface area contributed by atoms with Gasteiger partial charge >= 0.3 is 0 Å². The SMILES string of the molecule is O=C(Nc1ccc(Cl)c(Cl)c1)C1=C(N2CCCCC2)c2cc(Cl)ccc2S(=O)(=O)CC1. The van der Waals surface area contributed by atoms with Crippen molar-refractivity contribution in [3.8, 4) is 0 Å². The van der Waals surface area contributed by atoms with Crippen molar-refractivity contribution < 1.29 is 13.2 Å². The molecule has 4 rings (SSSR count). The molecule has 2 heterocycles. The number of hydrogen-bond acceptors (Lipinski definition) is 4. The van der Waals surface area contributed by atoms with Gasteiger partial charge in [-0.3, -0.25) is 4.79 Å². The smallest absolute Gasteiger partial charge is 0.253 e. The van der Waals surface area contributed by atoms with E-state index >= 15 is 0 Å². The van der Waals surface area contributed by atoms with Crippen LogP contribution in [-0.2, 0) is 14.6 Å². The standard InChI is InChI=1S/C22H21Cl3N2O3S/c23-14-4-7-20-17(12-14)21(27-9-2-1-3-10-27)16(8-11-31(20,29)30)22(28)26-15-5-6-18(24)19(25)13-15/h4-7,12-13H,1-3,8-11H2,(H,26,28). The molecule has 2 aliphatic heterocycles. The van der Waals surface area contributed by atoms with Gasteiger partial charge in [0.15, 0.2) is 9.84 Å². The van der Waals surface area contributed by atoms with E-state index in [9.17, 15) is 13.2 Å². The third-order valence-corrected chi connectivity index (χ3v) is 8.30. The van der Waals surface area contributed by atoms with Crippen LogP contribution in [0.3, 0.4) is 0 Å². The summed E-state index contributed by atoms with van der Waals surface area (Å²) in [5.41, 5.74) is 2.06. The molecule has 0 saturated carbocycles. The number of fused-ring (bicyclic) bond motifs is 1. The topological polar surface area (TPSA) is 66.5 Å². The average molecular weight is 500 g/mol. The molecule has 0 aliphatic carbocycles. The number of nitrogens with one attached hydrogen (secondary N) is 1. The van der Waals surface area contributed by atoms with Crippen LogP contribution in [0.5, 0.6) is 0 Å². The first-order valence-electron chi connectivity index (χ1n) is 10.0. The molecule has 0 spiro atoms. The van der Waals surface area contributed by atoms with Gasteiger partial charge in [-0.25, -0.2) is 8.42 Å². The third-order valence-electron chi connectivity index (χ3n) is 5.56. The molecule has 1 amide bonds. The normalized spacial score (nSPS) is 18.4. The zero-order valence-electron chi connectivity index (χ0n) is 16.6. The number of carbonyl (C=O) groups excluding carboxylic acids is 1. The summed E-state index contributed by atoms with van der Waals surface area (Å²) >= 11 is 18.3. The van der Waals surface area contributed by atoms with Crippen LogP contribution < -0.4 is 5.32 Å². The van der Waals surface area contributed by atoms with Gasteiger partial charge in [0.1, 0.15) is 0 Å². The lowest BCUT2D eigenvalue weighted by Crippen LogP contribution is -2.31. The Kier molecular flexibility index (Phi) is 6.54. The summed E-state index contributed by atoms with van der Waals surface area (Å²) in [5, 5.41) is 3.99. The van der Waals surface area contributed by atoms with Gasteiger partial charge in [0.05, 0.1) is 26.4 Å². The number of amides is 1. The highest BCUT2D eigenvalue weighted by Gasteiger charge is 2.33. The van der Waals surface area contributed by atoms with Gasteiger partial charge in [0.25, 0.3) is 5.91 Å². The maximum atomic E-state index is 13.4. The number of hydrogen-bond donors (Lipinski definition) is 1. The molecule has 5 nitrogen and oxygen atoms in total. The number of nitrogens with zero attached hydrogens (tertiary/aromatic N) is 1. The molecule has 164 valence electrons. The lowest BCUT2D eigenvalue weighted by molar-refractivity contribution is -0.113. The summed E-state index contributed by atoms with van der Waals surface area (Å²) < 4.78 is 26.0. The first-order valence-corrected chi connectivity index (χ1v) is 12.8. The van der Waals surface area contributed by atoms with E-state index < -0.39 is 9.84 Å². The van der Waals surface area contributed by atoms with Crippen LogP contribution in [-0.4, -0.2) is 38.1 Å². The van der Waals surface area contributed by atoms with Crippen LogP contribution in [0.15, 0.2) is 46.9 Å². The fraction of sp³-hybridized carbons (Fsp3) is 0.318. The van der Waals surface area contributed by atoms with Crippen LogP contribution in [0.25, 0.3) is 5.70 Å². The van der Waals surface area contributed by atoms with Crippen molar-refractivity contribution in [2.24, 2.45) is 0 Å². The first-order chi connectivity index (χ1) is 14.8. The lowest BCUT2D eigenvalue weighted by Gasteiger charge is -2.33. The van der Waals surface area contributed by atoms with E-state index in [1.807, 2.05) is 0 Å². The largest absolute Gasteiger partial charge is 0.371 e. The molecule has 0 bridgehead atoms. The van der Waals surface area contributed by atoms with Crippen molar-refractivity contribution in [3.05, 3.63) is 62.6 Å². The highest BCUT2D eigenvalue weighted by molar-refractivity contribution is 7.91. The molecule has 31 heavy (non-hydrogen) atoms. The number of benzene rings is 2. The molecule has 0 aromatic heterocycles. The van der Waals surface area contributed by atoms with E-state index in [4.69, 9.17) is 34.8 Å². The van der Waals surface area contributed by atoms with Gasteiger partial charge in [-0.15, -0.1) is 0 Å². The van der Waals surface area contributed by atoms with Crippen molar-refractivity contribution in [2.75, 3.05) is 24.2 Å². The number of carbonyl (C=O) groups is 1. The third kappa shape index (κ3) is 4.72. The molecule has 1 saturated heterocycles. The van der Waals surface area contributed by atoms with Crippen molar-refractivity contribution >= 4 is 61.9 Å². The van der Waals surface area contributed by atoms with Gasteiger partial charge < -0.3 is 10.2 Å². The number of sulfone groups is 1. The summed E-state index contributed by atoms with van der Waals surface area (Å²) in [6.45, 7) is 1.51. The first kappa shape index (κ1) is 22.5. The molecule has 1 fully saturated rings. The maximum Gasteiger partial charge on any atom is 0.253 e. The second-order valence-corrected chi connectivity index (χ2v) is 11.0. The van der Waals surface area contributed by atoms with E-state index in [0.717, 1.165) is 32.4 Å². The molecular weight excluding hydrogens is 479 g/mol. The van der Waals surface area contributed by atoms with Gasteiger partial charge in [-0.05, 0) is 62.1 Å². The zero-order valence-corrected chi connectivity index (χ0v) is 19.7. The summed E-state index contributed by atoms with van der Waals surface area (Å²) in [4.78, 5) is 15.7. The molecule has 2 aliphatic rings. The Balaban J connectivity index is 1.84. The van der Waals surface area contributed by atoms with Crippen LogP contribution >= 0.6 is 34.8 Å². The lowest BCUT2D eigenvalue weighted by atomic mass is 9.99. The van der Waals surface area contributed by atoms with Gasteiger partial charge in [0, 0.05) is 34.9 Å². The number of piperidine rings is 1. The van der Waals surface area contributed by atoms with E-state index in [2.05, 4.69) is 10.2 Å². The minimum absolute atomic E-state index is 0.105. The van der Waals surface area contributed by atoms with Crippen molar-refractivity contribution in [3.63, 3.8) is 0 Å². The summed E-state index contributed by atoms with van der Waals surface area (Å²) in [7, 11) is -3.56. The highest BCUT2D eigenvalue weighted by atomic mass is 35.5. The number of halogens is 3. The maximum absolute atomic E-state index is 13.4. The quantitative estimate of drug-likeness (QED) is 0.592. The summed E-state index contributed by atoms with van der Waals surface area (Å²) in [5.74, 6) is -0.509. The Labute approximate surface area is 196 Å². The fourth-order valence-electron chi connectivity index (χ4n) is 4.07. The molecule has 0 atom stereocenters. The predicted octanol–water partition coefficient (Wildman–Crippen LogP) is 5.66. The Bertz CT molecular complexity index is 1170. The molecule has 0 unspecified atom stereocenters. The van der Waals surface area contributed by atoms with Crippen LogP contribution in [0.2, 0.25) is 15.1 Å². The van der Waals surface area contributed by atoms with Gasteiger partial charge in [-0.1, -0.05) is 34.8 Å². The minimum atomic E-state index is -3.56. The van der Waals surface area contributed by atoms with Crippen LogP contribution in [0, 0.1) is 0 Å². The fourth-order valence-corrected chi connectivity index (χ4v) is 6.00. The van der Waals surface area contributed by atoms with Crippen molar-refractivity contribution in [1.29, 1.82) is 0 Å². The molecule has 0 radical (unpaired) electrons. The van der Waals surface area contributed by atoms with Crippen molar-refractivity contribution in [2.45, 2.75) is 30.6 Å². The molecular formula is C22H21Cl3N2O3S. The number of rotatable bonds is 3. The van der Waals surface area contributed by atoms with Gasteiger partial charge in [-0.2, -0.15) is 0 Å². The number of anilines is 1. The van der Waals surface area contributed by atoms with Gasteiger partial charge in [0.2, 0.25) is 0 Å². The van der Waals surface area contributed by atoms with E-state index in [1.54, 1.807) is 30.3 Å². The number of likely N-dealkylation sites (tertiary alicyclic amines) is 1. The van der Waals surface area contributed by atoms with Crippen LogP contribution in [0.1, 0.15) is 31.2 Å². The second kappa shape index (κ2) is 9.02. The van der Waals surface area contributed by atoms with E-state index in [0.29, 0.717) is 37.6 Å². The average Bonchev–Trinajstić information content (AvgIpc) is 2.85. The molecule has 9 heteroatoms. The Morgan fingerprint density at radius 3 is 2.39 bits per heavy atom.